The van der Waals surface area contributed by atoms with E-state index in [2.05, 4.69) is 20.6 Å². The fourth-order valence-corrected chi connectivity index (χ4v) is 3.93. The molecule has 0 aliphatic heterocycles. The van der Waals surface area contributed by atoms with Gasteiger partial charge in [0.05, 0.1) is 41.4 Å². The molecule has 0 aliphatic carbocycles. The monoisotopic (exact) mass is 469 g/mol. The molecule has 164 valence electrons. The molecule has 2 heterocycles. The van der Waals surface area contributed by atoms with Crippen LogP contribution in [0.25, 0.3) is 11.3 Å². The molecule has 2 N–H and O–H groups in total. The molecule has 0 saturated carbocycles. The number of hydrogen-bond donors (Lipinski definition) is 2. The summed E-state index contributed by atoms with van der Waals surface area (Å²) in [6.07, 6.45) is 0. The van der Waals surface area contributed by atoms with Crippen LogP contribution in [-0.2, 0) is 6.54 Å². The van der Waals surface area contributed by atoms with E-state index in [1.54, 1.807) is 31.4 Å². The van der Waals surface area contributed by atoms with Crippen molar-refractivity contribution in [2.45, 2.75) is 20.4 Å². The highest BCUT2D eigenvalue weighted by Crippen LogP contribution is 2.30. The molecule has 7 nitrogen and oxygen atoms in total. The second-order valence-corrected chi connectivity index (χ2v) is 8.14. The Labute approximate surface area is 195 Å². The summed E-state index contributed by atoms with van der Waals surface area (Å²) in [6.45, 7) is 4.33. The van der Waals surface area contributed by atoms with Gasteiger partial charge < -0.3 is 10.1 Å². The van der Waals surface area contributed by atoms with Crippen LogP contribution in [0.5, 0.6) is 5.75 Å². The number of anilines is 1. The summed E-state index contributed by atoms with van der Waals surface area (Å²) < 4.78 is 7.14. The Balaban J connectivity index is 1.53. The lowest BCUT2D eigenvalue weighted by molar-refractivity contribution is 0.102. The minimum absolute atomic E-state index is 0.311. The number of hydrogen-bond acceptors (Lipinski definition) is 4. The molecule has 0 bridgehead atoms. The molecule has 32 heavy (non-hydrogen) atoms. The number of benzene rings is 2. The summed E-state index contributed by atoms with van der Waals surface area (Å²) in [5.74, 6) is 0.467. The van der Waals surface area contributed by atoms with E-state index in [4.69, 9.17) is 27.9 Å². The maximum atomic E-state index is 12.9. The van der Waals surface area contributed by atoms with Crippen LogP contribution in [0.15, 0.2) is 48.5 Å². The topological polar surface area (TPSA) is 84.8 Å². The maximum absolute atomic E-state index is 12.9. The van der Waals surface area contributed by atoms with Crippen molar-refractivity contribution >= 4 is 34.8 Å². The van der Waals surface area contributed by atoms with Crippen LogP contribution in [0, 0.1) is 13.8 Å². The molecule has 0 unspecified atom stereocenters. The van der Waals surface area contributed by atoms with Crippen molar-refractivity contribution < 1.29 is 9.53 Å². The van der Waals surface area contributed by atoms with Crippen LogP contribution in [-0.4, -0.2) is 33.0 Å². The lowest BCUT2D eigenvalue weighted by atomic mass is 10.1. The van der Waals surface area contributed by atoms with Gasteiger partial charge in [-0.2, -0.15) is 10.2 Å². The van der Waals surface area contributed by atoms with E-state index in [9.17, 15) is 4.79 Å². The van der Waals surface area contributed by atoms with Gasteiger partial charge in [0.15, 0.2) is 0 Å². The third kappa shape index (κ3) is 4.49. The van der Waals surface area contributed by atoms with Crippen LogP contribution in [0.3, 0.4) is 0 Å². The predicted molar refractivity (Wildman–Crippen MR) is 126 cm³/mol. The van der Waals surface area contributed by atoms with Gasteiger partial charge in [-0.05, 0) is 55.8 Å². The van der Waals surface area contributed by atoms with Crippen LogP contribution in [0.1, 0.15) is 27.4 Å². The number of nitrogens with zero attached hydrogens (tertiary/aromatic N) is 3. The third-order valence-electron chi connectivity index (χ3n) is 5.12. The molecule has 0 saturated heterocycles. The molecule has 0 fully saturated rings. The van der Waals surface area contributed by atoms with Crippen molar-refractivity contribution in [3.63, 3.8) is 0 Å². The van der Waals surface area contributed by atoms with Crippen molar-refractivity contribution in [1.82, 2.24) is 20.0 Å². The summed E-state index contributed by atoms with van der Waals surface area (Å²) in [4.78, 5) is 12.9. The highest BCUT2D eigenvalue weighted by atomic mass is 35.5. The summed E-state index contributed by atoms with van der Waals surface area (Å²) in [7, 11) is 1.64. The summed E-state index contributed by atoms with van der Waals surface area (Å²) in [5.41, 5.74) is 4.83. The van der Waals surface area contributed by atoms with Gasteiger partial charge in [0.2, 0.25) is 0 Å². The minimum Gasteiger partial charge on any atom is -0.497 e. The Bertz CT molecular complexity index is 1300. The first-order valence-corrected chi connectivity index (χ1v) is 10.6. The Kier molecular flexibility index (Phi) is 6.21. The standard InChI is InChI=1S/C23H21Cl2N5O2/c1-13-22(14(2)30(29-13)12-15-5-4-6-17(9-15)32-3)26-23(31)21-11-20(27-28-21)18-8-7-16(24)10-19(18)25/h4-11H,12H2,1-3H3,(H,26,31)(H,27,28). The summed E-state index contributed by atoms with van der Waals surface area (Å²) in [5, 5.41) is 15.5. The zero-order valence-corrected chi connectivity index (χ0v) is 19.3. The number of nitrogens with one attached hydrogen (secondary N) is 2. The van der Waals surface area contributed by atoms with E-state index < -0.39 is 0 Å². The molecular formula is C23H21Cl2N5O2. The highest BCUT2D eigenvalue weighted by Gasteiger charge is 2.18. The molecule has 2 aromatic heterocycles. The van der Waals surface area contributed by atoms with E-state index in [1.165, 1.54) is 0 Å². The number of ether oxygens (including phenoxy) is 1. The van der Waals surface area contributed by atoms with E-state index >= 15 is 0 Å². The third-order valence-corrected chi connectivity index (χ3v) is 5.66. The second kappa shape index (κ2) is 9.06. The molecule has 2 aromatic carbocycles. The Morgan fingerprint density at radius 2 is 1.97 bits per heavy atom. The van der Waals surface area contributed by atoms with Crippen molar-refractivity contribution in [2.24, 2.45) is 0 Å². The molecule has 0 spiro atoms. The molecule has 1 amide bonds. The van der Waals surface area contributed by atoms with Crippen LogP contribution in [0.2, 0.25) is 10.0 Å². The number of rotatable bonds is 6. The minimum atomic E-state index is -0.319. The van der Waals surface area contributed by atoms with E-state index in [1.807, 2.05) is 42.8 Å². The van der Waals surface area contributed by atoms with Crippen LogP contribution in [0.4, 0.5) is 5.69 Å². The van der Waals surface area contributed by atoms with Gasteiger partial charge in [0, 0.05) is 10.6 Å². The summed E-state index contributed by atoms with van der Waals surface area (Å²) in [6, 6.07) is 14.6. The van der Waals surface area contributed by atoms with Crippen molar-refractivity contribution in [3.8, 4) is 17.0 Å². The van der Waals surface area contributed by atoms with Gasteiger partial charge in [-0.1, -0.05) is 35.3 Å². The summed E-state index contributed by atoms with van der Waals surface area (Å²) >= 11 is 12.2. The Hall–Kier alpha value is -3.29. The lowest BCUT2D eigenvalue weighted by Crippen LogP contribution is -2.14. The van der Waals surface area contributed by atoms with Crippen LogP contribution >= 0.6 is 23.2 Å². The first-order valence-electron chi connectivity index (χ1n) is 9.85. The van der Waals surface area contributed by atoms with Crippen LogP contribution < -0.4 is 10.1 Å². The maximum Gasteiger partial charge on any atom is 0.273 e. The molecule has 0 aliphatic rings. The largest absolute Gasteiger partial charge is 0.497 e. The first-order chi connectivity index (χ1) is 15.4. The lowest BCUT2D eigenvalue weighted by Gasteiger charge is -2.08. The quantitative estimate of drug-likeness (QED) is 0.390. The molecule has 0 radical (unpaired) electrons. The number of amides is 1. The first kappa shape index (κ1) is 21.9. The van der Waals surface area contributed by atoms with E-state index in [0.717, 1.165) is 22.7 Å². The number of halogens is 2. The van der Waals surface area contributed by atoms with Gasteiger partial charge in [0.1, 0.15) is 11.4 Å². The number of carbonyl (C=O) groups is 1. The zero-order chi connectivity index (χ0) is 22.8. The average Bonchev–Trinajstić information content (AvgIpc) is 3.35. The van der Waals surface area contributed by atoms with Gasteiger partial charge in [0.25, 0.3) is 5.91 Å². The van der Waals surface area contributed by atoms with Gasteiger partial charge in [-0.25, -0.2) is 0 Å². The molecule has 0 atom stereocenters. The second-order valence-electron chi connectivity index (χ2n) is 7.30. The smallest absolute Gasteiger partial charge is 0.273 e. The Morgan fingerprint density at radius 3 is 2.72 bits per heavy atom. The van der Waals surface area contributed by atoms with Gasteiger partial charge in [-0.3, -0.25) is 14.6 Å². The van der Waals surface area contributed by atoms with Crippen molar-refractivity contribution in [3.05, 3.63) is 81.2 Å². The number of methoxy groups -OCH3 is 1. The molecule has 9 heteroatoms. The molecule has 4 aromatic rings. The number of aromatic nitrogens is 4. The predicted octanol–water partition coefficient (Wildman–Crippen LogP) is 5.51. The average molecular weight is 470 g/mol. The zero-order valence-electron chi connectivity index (χ0n) is 17.7. The number of aromatic amines is 1. The van der Waals surface area contributed by atoms with Crippen molar-refractivity contribution in [2.75, 3.05) is 12.4 Å². The normalized spacial score (nSPS) is 10.9. The van der Waals surface area contributed by atoms with Crippen molar-refractivity contribution in [1.29, 1.82) is 0 Å². The highest BCUT2D eigenvalue weighted by molar-refractivity contribution is 6.36. The number of H-pyrrole nitrogens is 1. The number of carbonyl (C=O) groups excluding carboxylic acids is 1. The van der Waals surface area contributed by atoms with E-state index in [0.29, 0.717) is 39.2 Å². The SMILES string of the molecule is COc1cccc(Cn2nc(C)c(NC(=O)c3cc(-c4ccc(Cl)cc4Cl)n[nH]3)c2C)c1. The Morgan fingerprint density at radius 1 is 1.16 bits per heavy atom. The molecular weight excluding hydrogens is 449 g/mol. The molecule has 4 rings (SSSR count). The fraction of sp³-hybridized carbons (Fsp3) is 0.174. The van der Waals surface area contributed by atoms with E-state index in [-0.39, 0.29) is 5.91 Å². The van der Waals surface area contributed by atoms with Gasteiger partial charge >= 0.3 is 0 Å². The van der Waals surface area contributed by atoms with Gasteiger partial charge in [-0.15, -0.1) is 0 Å². The number of aryl methyl sites for hydroxylation is 1. The fourth-order valence-electron chi connectivity index (χ4n) is 3.43.